The molecule has 0 aromatic heterocycles. The van der Waals surface area contributed by atoms with Crippen molar-refractivity contribution in [3.05, 3.63) is 82.4 Å². The van der Waals surface area contributed by atoms with E-state index in [1.54, 1.807) is 0 Å². The lowest BCUT2D eigenvalue weighted by atomic mass is 10.1. The quantitative estimate of drug-likeness (QED) is 0.474. The molecular formula is C24H14F2N2O6. The van der Waals surface area contributed by atoms with Crippen molar-refractivity contribution in [3.8, 4) is 35.1 Å². The van der Waals surface area contributed by atoms with E-state index in [-0.39, 0.29) is 22.6 Å². The van der Waals surface area contributed by atoms with Gasteiger partial charge >= 0.3 is 11.9 Å². The van der Waals surface area contributed by atoms with Gasteiger partial charge in [0.1, 0.15) is 45.9 Å². The third kappa shape index (κ3) is 4.33. The summed E-state index contributed by atoms with van der Waals surface area (Å²) < 4.78 is 51.0. The predicted octanol–water partition coefficient (Wildman–Crippen LogP) is 4.87. The fraction of sp³-hybridized carbons (Fsp3) is 0.0833. The highest BCUT2D eigenvalue weighted by Crippen LogP contribution is 2.43. The fourth-order valence-electron chi connectivity index (χ4n) is 2.93. The van der Waals surface area contributed by atoms with Gasteiger partial charge in [0.05, 0.1) is 14.2 Å². The lowest BCUT2D eigenvalue weighted by molar-refractivity contribution is 0.0588. The number of esters is 2. The van der Waals surface area contributed by atoms with Crippen molar-refractivity contribution in [2.75, 3.05) is 14.2 Å². The lowest BCUT2D eigenvalue weighted by Crippen LogP contribution is -2.08. The average molecular weight is 464 g/mol. The van der Waals surface area contributed by atoms with Crippen LogP contribution in [0.25, 0.3) is 0 Å². The minimum Gasteiger partial charge on any atom is -0.465 e. The second-order valence-corrected chi connectivity index (χ2v) is 6.44. The summed E-state index contributed by atoms with van der Waals surface area (Å²) in [6.07, 6.45) is 0. The van der Waals surface area contributed by atoms with Crippen LogP contribution in [0.15, 0.2) is 48.5 Å². The van der Waals surface area contributed by atoms with Crippen LogP contribution in [0.5, 0.6) is 23.0 Å². The monoisotopic (exact) mass is 464 g/mol. The Morgan fingerprint density at radius 1 is 0.706 bits per heavy atom. The molecule has 0 amide bonds. The molecule has 0 bridgehead atoms. The van der Waals surface area contributed by atoms with Gasteiger partial charge in [-0.3, -0.25) is 0 Å². The minimum atomic E-state index is -1.41. The number of halogens is 2. The van der Waals surface area contributed by atoms with Crippen LogP contribution in [0.4, 0.5) is 8.78 Å². The van der Waals surface area contributed by atoms with Gasteiger partial charge in [-0.05, 0) is 24.3 Å². The Morgan fingerprint density at radius 3 is 1.38 bits per heavy atom. The molecule has 0 aliphatic heterocycles. The van der Waals surface area contributed by atoms with Crippen molar-refractivity contribution in [1.82, 2.24) is 0 Å². The van der Waals surface area contributed by atoms with Gasteiger partial charge in [-0.25, -0.2) is 18.4 Å². The van der Waals surface area contributed by atoms with E-state index < -0.39 is 46.2 Å². The number of hydrogen-bond donors (Lipinski definition) is 0. The Labute approximate surface area is 192 Å². The van der Waals surface area contributed by atoms with E-state index in [1.165, 1.54) is 60.7 Å². The van der Waals surface area contributed by atoms with Gasteiger partial charge in [-0.1, -0.05) is 24.3 Å². The van der Waals surface area contributed by atoms with Gasteiger partial charge < -0.3 is 18.9 Å². The molecule has 0 N–H and O–H groups in total. The van der Waals surface area contributed by atoms with Crippen LogP contribution in [0.2, 0.25) is 0 Å². The first-order chi connectivity index (χ1) is 16.4. The topological polar surface area (TPSA) is 119 Å². The Kier molecular flexibility index (Phi) is 7.04. The zero-order chi connectivity index (χ0) is 24.8. The highest BCUT2D eigenvalue weighted by molar-refractivity contribution is 5.93. The van der Waals surface area contributed by atoms with Crippen LogP contribution in [-0.4, -0.2) is 26.2 Å². The summed E-state index contributed by atoms with van der Waals surface area (Å²) >= 11 is 0. The summed E-state index contributed by atoms with van der Waals surface area (Å²) in [5.41, 5.74) is -2.12. The Morgan fingerprint density at radius 2 is 1.06 bits per heavy atom. The van der Waals surface area contributed by atoms with Crippen LogP contribution in [0.3, 0.4) is 0 Å². The normalized spacial score (nSPS) is 9.94. The Bertz CT molecular complexity index is 1270. The summed E-state index contributed by atoms with van der Waals surface area (Å²) in [6.45, 7) is 0. The molecular weight excluding hydrogens is 450 g/mol. The highest BCUT2D eigenvalue weighted by atomic mass is 19.1. The van der Waals surface area contributed by atoms with E-state index in [0.717, 1.165) is 14.2 Å². The number of carbonyl (C=O) groups is 2. The van der Waals surface area contributed by atoms with Crippen LogP contribution in [0.1, 0.15) is 31.8 Å². The third-order valence-corrected chi connectivity index (χ3v) is 4.53. The molecule has 0 saturated heterocycles. The number of methoxy groups -OCH3 is 2. The van der Waals surface area contributed by atoms with Crippen LogP contribution in [-0.2, 0) is 9.47 Å². The van der Waals surface area contributed by atoms with Gasteiger partial charge in [0, 0.05) is 0 Å². The zero-order valence-electron chi connectivity index (χ0n) is 17.7. The molecule has 0 spiro atoms. The summed E-state index contributed by atoms with van der Waals surface area (Å²) in [4.78, 5) is 24.2. The fourth-order valence-corrected chi connectivity index (χ4v) is 2.93. The number of rotatable bonds is 6. The number of nitriles is 2. The van der Waals surface area contributed by atoms with Crippen LogP contribution < -0.4 is 9.47 Å². The number of para-hydroxylation sites is 2. The molecule has 3 aromatic carbocycles. The maximum absolute atomic E-state index is 15.3. The van der Waals surface area contributed by atoms with Crippen molar-refractivity contribution >= 4 is 11.9 Å². The van der Waals surface area contributed by atoms with Crippen molar-refractivity contribution in [3.63, 3.8) is 0 Å². The summed E-state index contributed by atoms with van der Waals surface area (Å²) in [7, 11) is 2.24. The van der Waals surface area contributed by atoms with E-state index in [2.05, 4.69) is 9.47 Å². The van der Waals surface area contributed by atoms with E-state index in [1.807, 2.05) is 0 Å². The number of hydrogen-bond acceptors (Lipinski definition) is 8. The molecule has 0 unspecified atom stereocenters. The largest absolute Gasteiger partial charge is 0.465 e. The van der Waals surface area contributed by atoms with E-state index in [4.69, 9.17) is 9.47 Å². The molecule has 170 valence electrons. The standard InChI is InChI=1S/C24H14F2N2O6/c1-31-23(29)13-7-3-5-9-17(13)33-21-19(25)15(11-27)16(12-28)20(26)22(21)34-18-10-6-4-8-14(18)24(30)32-2/h3-10H,1-2H3. The molecule has 0 fully saturated rings. The highest BCUT2D eigenvalue weighted by Gasteiger charge is 2.30. The Balaban J connectivity index is 2.27. The summed E-state index contributed by atoms with van der Waals surface area (Å²) in [5.74, 6) is -6.82. The van der Waals surface area contributed by atoms with Crippen LogP contribution >= 0.6 is 0 Å². The average Bonchev–Trinajstić information content (AvgIpc) is 2.87. The number of carbonyl (C=O) groups excluding carboxylic acids is 2. The third-order valence-electron chi connectivity index (χ3n) is 4.53. The predicted molar refractivity (Wildman–Crippen MR) is 111 cm³/mol. The van der Waals surface area contributed by atoms with Gasteiger partial charge in [0.2, 0.25) is 11.5 Å². The van der Waals surface area contributed by atoms with Crippen LogP contribution in [0, 0.1) is 34.3 Å². The first kappa shape index (κ1) is 23.7. The smallest absolute Gasteiger partial charge is 0.341 e. The van der Waals surface area contributed by atoms with Gasteiger partial charge in [-0.15, -0.1) is 0 Å². The molecule has 34 heavy (non-hydrogen) atoms. The first-order valence-corrected chi connectivity index (χ1v) is 9.43. The maximum atomic E-state index is 15.3. The van der Waals surface area contributed by atoms with E-state index >= 15 is 8.78 Å². The molecule has 10 heteroatoms. The molecule has 0 radical (unpaired) electrons. The molecule has 8 nitrogen and oxygen atoms in total. The van der Waals surface area contributed by atoms with Gasteiger partial charge in [0.25, 0.3) is 0 Å². The van der Waals surface area contributed by atoms with E-state index in [0.29, 0.717) is 0 Å². The zero-order valence-corrected chi connectivity index (χ0v) is 17.7. The molecule has 3 aromatic rings. The molecule has 3 rings (SSSR count). The second-order valence-electron chi connectivity index (χ2n) is 6.44. The van der Waals surface area contributed by atoms with Gasteiger partial charge in [-0.2, -0.15) is 10.5 Å². The van der Waals surface area contributed by atoms with Gasteiger partial charge in [0.15, 0.2) is 11.6 Å². The lowest BCUT2D eigenvalue weighted by Gasteiger charge is -2.18. The maximum Gasteiger partial charge on any atom is 0.341 e. The molecule has 0 aliphatic carbocycles. The molecule has 0 atom stereocenters. The minimum absolute atomic E-state index is 0.131. The van der Waals surface area contributed by atoms with Crippen molar-refractivity contribution in [2.45, 2.75) is 0 Å². The molecule has 0 heterocycles. The SMILES string of the molecule is COC(=O)c1ccccc1Oc1c(F)c(C#N)c(C#N)c(F)c1Oc1ccccc1C(=O)OC. The second kappa shape index (κ2) is 10.1. The van der Waals surface area contributed by atoms with E-state index in [9.17, 15) is 20.1 Å². The summed E-state index contributed by atoms with van der Waals surface area (Å²) in [6, 6.07) is 13.9. The Hall–Kier alpha value is -4.96. The molecule has 0 aliphatic rings. The number of ether oxygens (including phenoxy) is 4. The molecule has 0 saturated carbocycles. The number of benzene rings is 3. The van der Waals surface area contributed by atoms with Crippen molar-refractivity contribution in [2.24, 2.45) is 0 Å². The van der Waals surface area contributed by atoms with Crippen molar-refractivity contribution < 1.29 is 37.3 Å². The van der Waals surface area contributed by atoms with Crippen molar-refractivity contribution in [1.29, 1.82) is 10.5 Å². The number of nitrogens with zero attached hydrogens (tertiary/aromatic N) is 2. The first-order valence-electron chi connectivity index (χ1n) is 9.43. The summed E-state index contributed by atoms with van der Waals surface area (Å²) in [5, 5.41) is 18.6.